The van der Waals surface area contributed by atoms with E-state index in [1.165, 1.54) is 18.0 Å². The second kappa shape index (κ2) is 5.40. The van der Waals surface area contributed by atoms with Gasteiger partial charge in [-0.2, -0.15) is 0 Å². The summed E-state index contributed by atoms with van der Waals surface area (Å²) in [7, 11) is 0. The Balaban J connectivity index is 2.32. The Labute approximate surface area is 106 Å². The van der Waals surface area contributed by atoms with Gasteiger partial charge in [-0.3, -0.25) is 4.79 Å². The highest BCUT2D eigenvalue weighted by molar-refractivity contribution is 5.73. The first-order valence-corrected chi connectivity index (χ1v) is 5.86. The molecule has 0 aliphatic heterocycles. The molecule has 0 atom stereocenters. The zero-order valence-corrected chi connectivity index (χ0v) is 10.5. The van der Waals surface area contributed by atoms with Crippen LogP contribution < -0.4 is 4.90 Å². The predicted molar refractivity (Wildman–Crippen MR) is 71.3 cm³/mol. The summed E-state index contributed by atoms with van der Waals surface area (Å²) in [5.74, 6) is 0.604. The SMILES string of the molecule is CCN(c1ccc(C)cc1)c1ncc(C=O)cn1. The van der Waals surface area contributed by atoms with Crippen LogP contribution in [0.15, 0.2) is 36.7 Å². The zero-order chi connectivity index (χ0) is 13.0. The molecule has 4 heteroatoms. The van der Waals surface area contributed by atoms with Crippen molar-refractivity contribution < 1.29 is 4.79 Å². The molecule has 0 unspecified atom stereocenters. The maximum atomic E-state index is 10.6. The van der Waals surface area contributed by atoms with Crippen molar-refractivity contribution >= 4 is 17.9 Å². The van der Waals surface area contributed by atoms with Gasteiger partial charge in [0.05, 0.1) is 5.56 Å². The van der Waals surface area contributed by atoms with Gasteiger partial charge in [-0.05, 0) is 26.0 Å². The molecule has 0 radical (unpaired) electrons. The quantitative estimate of drug-likeness (QED) is 0.772. The van der Waals surface area contributed by atoms with E-state index in [1.807, 2.05) is 24.0 Å². The fraction of sp³-hybridized carbons (Fsp3) is 0.214. The van der Waals surface area contributed by atoms with Gasteiger partial charge in [0.15, 0.2) is 6.29 Å². The summed E-state index contributed by atoms with van der Waals surface area (Å²) in [5, 5.41) is 0. The summed E-state index contributed by atoms with van der Waals surface area (Å²) in [4.78, 5) is 21.0. The lowest BCUT2D eigenvalue weighted by atomic mass is 10.2. The van der Waals surface area contributed by atoms with Crippen LogP contribution in [0.4, 0.5) is 11.6 Å². The third kappa shape index (κ3) is 2.53. The highest BCUT2D eigenvalue weighted by Crippen LogP contribution is 2.21. The normalized spacial score (nSPS) is 10.1. The Morgan fingerprint density at radius 3 is 2.28 bits per heavy atom. The van der Waals surface area contributed by atoms with E-state index < -0.39 is 0 Å². The highest BCUT2D eigenvalue weighted by Gasteiger charge is 2.09. The van der Waals surface area contributed by atoms with Gasteiger partial charge in [0.1, 0.15) is 0 Å². The largest absolute Gasteiger partial charge is 0.311 e. The van der Waals surface area contributed by atoms with Crippen LogP contribution in [0.5, 0.6) is 0 Å². The van der Waals surface area contributed by atoms with Crippen molar-refractivity contribution in [3.8, 4) is 0 Å². The summed E-state index contributed by atoms with van der Waals surface area (Å²) in [6.07, 6.45) is 3.81. The van der Waals surface area contributed by atoms with Gasteiger partial charge >= 0.3 is 0 Å². The number of carbonyl (C=O) groups excluding carboxylic acids is 1. The molecule has 2 aromatic rings. The number of rotatable bonds is 4. The minimum absolute atomic E-state index is 0.485. The molecule has 0 N–H and O–H groups in total. The average molecular weight is 241 g/mol. The van der Waals surface area contributed by atoms with Crippen molar-refractivity contribution in [1.29, 1.82) is 0 Å². The Bertz CT molecular complexity index is 520. The maximum absolute atomic E-state index is 10.6. The number of hydrogen-bond acceptors (Lipinski definition) is 4. The van der Waals surface area contributed by atoms with Crippen molar-refractivity contribution in [2.24, 2.45) is 0 Å². The van der Waals surface area contributed by atoms with E-state index in [1.54, 1.807) is 0 Å². The van der Waals surface area contributed by atoms with E-state index in [-0.39, 0.29) is 0 Å². The number of aryl methyl sites for hydroxylation is 1. The number of nitrogens with zero attached hydrogens (tertiary/aromatic N) is 3. The molecule has 0 amide bonds. The fourth-order valence-corrected chi connectivity index (χ4v) is 1.70. The molecule has 0 spiro atoms. The first-order chi connectivity index (χ1) is 8.74. The lowest BCUT2D eigenvalue weighted by Gasteiger charge is -2.20. The molecule has 0 bridgehead atoms. The van der Waals surface area contributed by atoms with Crippen molar-refractivity contribution in [2.45, 2.75) is 13.8 Å². The number of aldehydes is 1. The molecule has 0 saturated carbocycles. The monoisotopic (exact) mass is 241 g/mol. The summed E-state index contributed by atoms with van der Waals surface area (Å²) in [5.41, 5.74) is 2.74. The maximum Gasteiger partial charge on any atom is 0.229 e. The summed E-state index contributed by atoms with van der Waals surface area (Å²) in [6.45, 7) is 4.86. The molecule has 1 aromatic heterocycles. The summed E-state index contributed by atoms with van der Waals surface area (Å²) >= 11 is 0. The third-order valence-corrected chi connectivity index (χ3v) is 2.70. The standard InChI is InChI=1S/C14H15N3O/c1-3-17(13-6-4-11(2)5-7-13)14-15-8-12(10-18)9-16-14/h4-10H,3H2,1-2H3. The van der Waals surface area contributed by atoms with Crippen LogP contribution in [-0.2, 0) is 0 Å². The van der Waals surface area contributed by atoms with Gasteiger partial charge in [0, 0.05) is 24.6 Å². The van der Waals surface area contributed by atoms with E-state index >= 15 is 0 Å². The summed E-state index contributed by atoms with van der Waals surface area (Å²) in [6, 6.07) is 8.18. The smallest absolute Gasteiger partial charge is 0.229 e. The van der Waals surface area contributed by atoms with Crippen LogP contribution in [0.25, 0.3) is 0 Å². The van der Waals surface area contributed by atoms with Crippen molar-refractivity contribution in [3.63, 3.8) is 0 Å². The zero-order valence-electron chi connectivity index (χ0n) is 10.5. The minimum Gasteiger partial charge on any atom is -0.311 e. The van der Waals surface area contributed by atoms with Gasteiger partial charge in [-0.15, -0.1) is 0 Å². The van der Waals surface area contributed by atoms with Gasteiger partial charge in [-0.1, -0.05) is 17.7 Å². The van der Waals surface area contributed by atoms with Crippen molar-refractivity contribution in [1.82, 2.24) is 9.97 Å². The molecule has 1 aromatic carbocycles. The highest BCUT2D eigenvalue weighted by atomic mass is 16.1. The molecule has 18 heavy (non-hydrogen) atoms. The van der Waals surface area contributed by atoms with Crippen LogP contribution in [0.3, 0.4) is 0 Å². The van der Waals surface area contributed by atoms with E-state index in [9.17, 15) is 4.79 Å². The van der Waals surface area contributed by atoms with Crippen LogP contribution in [0, 0.1) is 6.92 Å². The Kier molecular flexibility index (Phi) is 3.67. The van der Waals surface area contributed by atoms with Crippen LogP contribution in [-0.4, -0.2) is 22.8 Å². The first-order valence-electron chi connectivity index (χ1n) is 5.86. The molecular formula is C14H15N3O. The topological polar surface area (TPSA) is 46.1 Å². The lowest BCUT2D eigenvalue weighted by Crippen LogP contribution is -2.18. The second-order valence-electron chi connectivity index (χ2n) is 4.01. The van der Waals surface area contributed by atoms with Crippen LogP contribution in [0.1, 0.15) is 22.8 Å². The Morgan fingerprint density at radius 1 is 1.17 bits per heavy atom. The number of carbonyl (C=O) groups is 1. The predicted octanol–water partition coefficient (Wildman–Crippen LogP) is 2.76. The molecule has 0 fully saturated rings. The fourth-order valence-electron chi connectivity index (χ4n) is 1.70. The van der Waals surface area contributed by atoms with Crippen molar-refractivity contribution in [2.75, 3.05) is 11.4 Å². The van der Waals surface area contributed by atoms with E-state index in [0.29, 0.717) is 11.5 Å². The molecule has 0 aliphatic rings. The van der Waals surface area contributed by atoms with Crippen LogP contribution in [0.2, 0.25) is 0 Å². The molecule has 1 heterocycles. The molecular weight excluding hydrogens is 226 g/mol. The number of anilines is 2. The Hall–Kier alpha value is -2.23. The number of hydrogen-bond donors (Lipinski definition) is 0. The molecule has 92 valence electrons. The third-order valence-electron chi connectivity index (χ3n) is 2.70. The van der Waals surface area contributed by atoms with Gasteiger partial charge in [0.2, 0.25) is 5.95 Å². The van der Waals surface area contributed by atoms with Gasteiger partial charge in [-0.25, -0.2) is 9.97 Å². The van der Waals surface area contributed by atoms with E-state index in [2.05, 4.69) is 29.0 Å². The van der Waals surface area contributed by atoms with Crippen LogP contribution >= 0.6 is 0 Å². The molecule has 2 rings (SSSR count). The lowest BCUT2D eigenvalue weighted by molar-refractivity contribution is 0.112. The molecule has 0 saturated heterocycles. The van der Waals surface area contributed by atoms with E-state index in [4.69, 9.17) is 0 Å². The molecule has 4 nitrogen and oxygen atoms in total. The minimum atomic E-state index is 0.485. The van der Waals surface area contributed by atoms with Gasteiger partial charge in [0.25, 0.3) is 0 Å². The average Bonchev–Trinajstić information content (AvgIpc) is 2.42. The van der Waals surface area contributed by atoms with E-state index in [0.717, 1.165) is 18.5 Å². The number of benzene rings is 1. The van der Waals surface area contributed by atoms with Crippen molar-refractivity contribution in [3.05, 3.63) is 47.8 Å². The Morgan fingerprint density at radius 2 is 1.78 bits per heavy atom. The first kappa shape index (κ1) is 12.2. The summed E-state index contributed by atoms with van der Waals surface area (Å²) < 4.78 is 0. The van der Waals surface area contributed by atoms with Gasteiger partial charge < -0.3 is 4.90 Å². The number of aromatic nitrogens is 2. The molecule has 0 aliphatic carbocycles. The second-order valence-corrected chi connectivity index (χ2v) is 4.01.